The van der Waals surface area contributed by atoms with Crippen molar-refractivity contribution >= 4 is 41.7 Å². The fourth-order valence-electron chi connectivity index (χ4n) is 2.00. The normalized spacial score (nSPS) is 12.7. The standard InChI is InChI=1S/C15H15N3S.2ClH/c1-2-4-14-10-18-15(17-9-13(14)3-1)19-11-12-5-7-16-8-6-12;;/h1-8H,9-11H2,(H,17,18);2*1H. The maximum Gasteiger partial charge on any atom is 0.157 e. The first-order chi connectivity index (χ1) is 9.42. The molecule has 0 aliphatic carbocycles. The van der Waals surface area contributed by atoms with Gasteiger partial charge in [-0.2, -0.15) is 0 Å². The molecule has 0 saturated heterocycles. The van der Waals surface area contributed by atoms with Gasteiger partial charge in [-0.25, -0.2) is 0 Å². The average molecular weight is 342 g/mol. The van der Waals surface area contributed by atoms with Crippen molar-refractivity contribution in [2.45, 2.75) is 18.8 Å². The first-order valence-corrected chi connectivity index (χ1v) is 7.27. The van der Waals surface area contributed by atoms with Crippen molar-refractivity contribution in [3.05, 3.63) is 65.5 Å². The average Bonchev–Trinajstić information content (AvgIpc) is 2.69. The third-order valence-electron chi connectivity index (χ3n) is 3.07. The first-order valence-electron chi connectivity index (χ1n) is 6.28. The molecule has 0 saturated carbocycles. The van der Waals surface area contributed by atoms with E-state index >= 15 is 0 Å². The summed E-state index contributed by atoms with van der Waals surface area (Å²) in [6, 6.07) is 12.5. The van der Waals surface area contributed by atoms with Gasteiger partial charge >= 0.3 is 0 Å². The van der Waals surface area contributed by atoms with E-state index in [1.807, 2.05) is 24.5 Å². The maximum absolute atomic E-state index is 4.63. The molecule has 0 spiro atoms. The number of halogens is 2. The summed E-state index contributed by atoms with van der Waals surface area (Å²) in [5, 5.41) is 4.43. The van der Waals surface area contributed by atoms with E-state index in [2.05, 4.69) is 39.6 Å². The number of aromatic nitrogens is 1. The lowest BCUT2D eigenvalue weighted by atomic mass is 10.1. The predicted molar refractivity (Wildman–Crippen MR) is 94.4 cm³/mol. The third-order valence-corrected chi connectivity index (χ3v) is 4.09. The number of hydrogen-bond donors (Lipinski definition) is 1. The molecular weight excluding hydrogens is 325 g/mol. The predicted octanol–water partition coefficient (Wildman–Crippen LogP) is 3.82. The van der Waals surface area contributed by atoms with Crippen LogP contribution in [-0.2, 0) is 18.8 Å². The topological polar surface area (TPSA) is 37.3 Å². The van der Waals surface area contributed by atoms with Crippen molar-refractivity contribution in [3.63, 3.8) is 0 Å². The van der Waals surface area contributed by atoms with Crippen molar-refractivity contribution < 1.29 is 0 Å². The van der Waals surface area contributed by atoms with Gasteiger partial charge in [0.2, 0.25) is 0 Å². The molecule has 3 rings (SSSR count). The Bertz CT molecular complexity index is 590. The molecule has 1 aliphatic heterocycles. The van der Waals surface area contributed by atoms with Gasteiger partial charge in [0.05, 0.1) is 6.54 Å². The number of aliphatic imine (C=N–C) groups is 1. The molecule has 2 aromatic rings. The molecule has 0 atom stereocenters. The summed E-state index contributed by atoms with van der Waals surface area (Å²) in [4.78, 5) is 8.66. The Kier molecular flexibility index (Phi) is 7.57. The zero-order chi connectivity index (χ0) is 12.9. The van der Waals surface area contributed by atoms with Crippen LogP contribution in [0.5, 0.6) is 0 Å². The zero-order valence-corrected chi connectivity index (χ0v) is 13.8. The van der Waals surface area contributed by atoms with Crippen LogP contribution in [0.1, 0.15) is 16.7 Å². The number of nitrogens with one attached hydrogen (secondary N) is 1. The van der Waals surface area contributed by atoms with Crippen molar-refractivity contribution in [2.24, 2.45) is 4.99 Å². The fraction of sp³-hybridized carbons (Fsp3) is 0.200. The van der Waals surface area contributed by atoms with Gasteiger partial charge in [0.1, 0.15) is 0 Å². The van der Waals surface area contributed by atoms with E-state index in [1.165, 1.54) is 16.7 Å². The van der Waals surface area contributed by atoms with E-state index in [0.29, 0.717) is 0 Å². The monoisotopic (exact) mass is 341 g/mol. The van der Waals surface area contributed by atoms with Crippen LogP contribution in [0.2, 0.25) is 0 Å². The molecule has 21 heavy (non-hydrogen) atoms. The van der Waals surface area contributed by atoms with Gasteiger partial charge in [0.25, 0.3) is 0 Å². The second kappa shape index (κ2) is 8.93. The minimum atomic E-state index is 0. The summed E-state index contributed by atoms with van der Waals surface area (Å²) >= 11 is 1.75. The van der Waals surface area contributed by atoms with Crippen LogP contribution in [-0.4, -0.2) is 10.2 Å². The molecule has 0 fully saturated rings. The second-order valence-electron chi connectivity index (χ2n) is 4.39. The third kappa shape index (κ3) is 4.92. The summed E-state index contributed by atoms with van der Waals surface area (Å²) in [6.45, 7) is 1.63. The van der Waals surface area contributed by atoms with Crippen LogP contribution in [0.15, 0.2) is 53.8 Å². The summed E-state index contributed by atoms with van der Waals surface area (Å²) in [6.07, 6.45) is 3.65. The van der Waals surface area contributed by atoms with Gasteiger partial charge < -0.3 is 5.32 Å². The molecule has 0 bridgehead atoms. The van der Waals surface area contributed by atoms with Crippen molar-refractivity contribution in [1.29, 1.82) is 0 Å². The Morgan fingerprint density at radius 2 is 1.71 bits per heavy atom. The molecule has 2 heterocycles. The highest BCUT2D eigenvalue weighted by Gasteiger charge is 2.09. The minimum Gasteiger partial charge on any atom is -0.361 e. The Hall–Kier alpha value is -1.23. The minimum absolute atomic E-state index is 0. The van der Waals surface area contributed by atoms with Gasteiger partial charge in [-0.15, -0.1) is 24.8 Å². The number of fused-ring (bicyclic) bond motifs is 1. The lowest BCUT2D eigenvalue weighted by molar-refractivity contribution is 0.930. The van der Waals surface area contributed by atoms with Crippen LogP contribution in [0.4, 0.5) is 0 Å². The Morgan fingerprint density at radius 1 is 1.00 bits per heavy atom. The van der Waals surface area contributed by atoms with E-state index < -0.39 is 0 Å². The molecule has 3 nitrogen and oxygen atoms in total. The van der Waals surface area contributed by atoms with E-state index in [0.717, 1.165) is 24.0 Å². The molecule has 1 aromatic carbocycles. The highest BCUT2D eigenvalue weighted by molar-refractivity contribution is 8.13. The highest BCUT2D eigenvalue weighted by atomic mass is 35.5. The van der Waals surface area contributed by atoms with E-state index in [1.54, 1.807) is 11.8 Å². The summed E-state index contributed by atoms with van der Waals surface area (Å²) in [5.74, 6) is 0.921. The van der Waals surface area contributed by atoms with Gasteiger partial charge in [-0.1, -0.05) is 36.0 Å². The molecule has 0 amide bonds. The van der Waals surface area contributed by atoms with Gasteiger partial charge in [0, 0.05) is 24.7 Å². The number of nitrogens with zero attached hydrogens (tertiary/aromatic N) is 2. The number of thioether (sulfide) groups is 1. The fourth-order valence-corrected chi connectivity index (χ4v) is 2.82. The Balaban J connectivity index is 0.00000110. The van der Waals surface area contributed by atoms with Crippen molar-refractivity contribution in [2.75, 3.05) is 0 Å². The molecule has 1 N–H and O–H groups in total. The molecule has 1 aromatic heterocycles. The SMILES string of the molecule is Cl.Cl.c1ccc2c(c1)CN=C(SCc1ccncc1)NC2. The number of hydrogen-bond acceptors (Lipinski definition) is 4. The highest BCUT2D eigenvalue weighted by Crippen LogP contribution is 2.18. The van der Waals surface area contributed by atoms with E-state index in [9.17, 15) is 0 Å². The first kappa shape index (κ1) is 17.8. The molecular formula is C15H17Cl2N3S. The summed E-state index contributed by atoms with van der Waals surface area (Å²) in [7, 11) is 0. The van der Waals surface area contributed by atoms with E-state index in [4.69, 9.17) is 0 Å². The van der Waals surface area contributed by atoms with E-state index in [-0.39, 0.29) is 24.8 Å². The second-order valence-corrected chi connectivity index (χ2v) is 5.35. The molecule has 0 unspecified atom stereocenters. The molecule has 1 aliphatic rings. The number of rotatable bonds is 2. The molecule has 6 heteroatoms. The molecule has 112 valence electrons. The van der Waals surface area contributed by atoms with Crippen LogP contribution in [0, 0.1) is 0 Å². The van der Waals surface area contributed by atoms with Crippen molar-refractivity contribution in [1.82, 2.24) is 10.3 Å². The number of benzene rings is 1. The smallest absolute Gasteiger partial charge is 0.157 e. The summed E-state index contributed by atoms with van der Waals surface area (Å²) < 4.78 is 0. The van der Waals surface area contributed by atoms with Crippen molar-refractivity contribution in [3.8, 4) is 0 Å². The van der Waals surface area contributed by atoms with Crippen LogP contribution in [0.25, 0.3) is 0 Å². The van der Waals surface area contributed by atoms with Gasteiger partial charge in [0.15, 0.2) is 5.17 Å². The maximum atomic E-state index is 4.63. The largest absolute Gasteiger partial charge is 0.361 e. The molecule has 0 radical (unpaired) electrons. The zero-order valence-electron chi connectivity index (χ0n) is 11.4. The lowest BCUT2D eigenvalue weighted by Crippen LogP contribution is -2.18. The lowest BCUT2D eigenvalue weighted by Gasteiger charge is -2.07. The Morgan fingerprint density at radius 3 is 2.48 bits per heavy atom. The van der Waals surface area contributed by atoms with Crippen LogP contribution in [0.3, 0.4) is 0 Å². The number of amidine groups is 1. The Labute approximate surface area is 141 Å². The van der Waals surface area contributed by atoms with Crippen LogP contribution < -0.4 is 5.32 Å². The van der Waals surface area contributed by atoms with Gasteiger partial charge in [-0.3, -0.25) is 9.98 Å². The van der Waals surface area contributed by atoms with Gasteiger partial charge in [-0.05, 0) is 28.8 Å². The number of pyridine rings is 1. The quantitative estimate of drug-likeness (QED) is 0.902. The van der Waals surface area contributed by atoms with Crippen LogP contribution >= 0.6 is 36.6 Å². The summed E-state index contributed by atoms with van der Waals surface area (Å²) in [5.41, 5.74) is 3.92.